The maximum atomic E-state index is 5.48. The summed E-state index contributed by atoms with van der Waals surface area (Å²) >= 11 is 5.48. The van der Waals surface area contributed by atoms with Crippen molar-refractivity contribution in [3.8, 4) is 17.1 Å². The second-order valence-electron chi connectivity index (χ2n) is 6.12. The van der Waals surface area contributed by atoms with E-state index in [1.165, 1.54) is 5.56 Å². The molecule has 26 heavy (non-hydrogen) atoms. The third-order valence-corrected chi connectivity index (χ3v) is 4.62. The van der Waals surface area contributed by atoms with Gasteiger partial charge >= 0.3 is 0 Å². The molecule has 1 N–H and O–H groups in total. The summed E-state index contributed by atoms with van der Waals surface area (Å²) in [5.74, 6) is 0.748. The fraction of sp³-hybridized carbons (Fsp3) is 0.0526. The molecule has 7 heteroatoms. The summed E-state index contributed by atoms with van der Waals surface area (Å²) in [7, 11) is 0. The van der Waals surface area contributed by atoms with Gasteiger partial charge in [-0.05, 0) is 31.3 Å². The topological polar surface area (TPSA) is 63.8 Å². The summed E-state index contributed by atoms with van der Waals surface area (Å²) < 4.78 is 3.92. The van der Waals surface area contributed by atoms with E-state index in [-0.39, 0.29) is 0 Å². The maximum Gasteiger partial charge on any atom is 0.222 e. The number of hydrogen-bond donors (Lipinski definition) is 1. The molecule has 2 aromatic carbocycles. The van der Waals surface area contributed by atoms with E-state index in [0.717, 1.165) is 28.1 Å². The molecule has 0 unspecified atom stereocenters. The van der Waals surface area contributed by atoms with Crippen LogP contribution in [0.5, 0.6) is 0 Å². The Hall–Kier alpha value is -3.32. The van der Waals surface area contributed by atoms with Gasteiger partial charge in [0.05, 0.1) is 17.3 Å². The van der Waals surface area contributed by atoms with Gasteiger partial charge in [-0.25, -0.2) is 14.2 Å². The van der Waals surface area contributed by atoms with Crippen LogP contribution in [0.3, 0.4) is 0 Å². The van der Waals surface area contributed by atoms with Gasteiger partial charge < -0.3 is 0 Å². The third kappa shape index (κ3) is 2.25. The standard InChI is InChI=1S/C19H14N6S/c1-12-7-9-13(10-8-12)16-21-17-15-11-20-24(14-5-3-2-4-6-14)18(15)22-19(26)25(17)23-16/h2-11H,1H3,(H,21,23). The molecule has 0 aliphatic carbocycles. The summed E-state index contributed by atoms with van der Waals surface area (Å²) in [5, 5.41) is 8.58. The van der Waals surface area contributed by atoms with Gasteiger partial charge in [-0.3, -0.25) is 5.10 Å². The van der Waals surface area contributed by atoms with Crippen molar-refractivity contribution in [3.05, 3.63) is 71.1 Å². The normalized spacial score (nSPS) is 11.4. The molecule has 3 heterocycles. The van der Waals surface area contributed by atoms with Crippen LogP contribution in [0.25, 0.3) is 33.8 Å². The average Bonchev–Trinajstić information content (AvgIpc) is 3.28. The number of para-hydroxylation sites is 1. The molecule has 5 aromatic rings. The van der Waals surface area contributed by atoms with E-state index in [0.29, 0.717) is 10.4 Å². The van der Waals surface area contributed by atoms with Crippen molar-refractivity contribution < 1.29 is 0 Å². The molecular weight excluding hydrogens is 344 g/mol. The van der Waals surface area contributed by atoms with Crippen LogP contribution >= 0.6 is 12.2 Å². The lowest BCUT2D eigenvalue weighted by atomic mass is 10.1. The van der Waals surface area contributed by atoms with Gasteiger partial charge in [0.2, 0.25) is 4.77 Å². The first-order valence-electron chi connectivity index (χ1n) is 8.20. The Bertz CT molecular complexity index is 1300. The molecule has 126 valence electrons. The highest BCUT2D eigenvalue weighted by molar-refractivity contribution is 7.71. The van der Waals surface area contributed by atoms with Crippen molar-refractivity contribution in [2.45, 2.75) is 6.92 Å². The van der Waals surface area contributed by atoms with Crippen LogP contribution in [-0.2, 0) is 0 Å². The molecule has 0 spiro atoms. The van der Waals surface area contributed by atoms with Crippen LogP contribution in [0, 0.1) is 11.7 Å². The zero-order chi connectivity index (χ0) is 17.7. The fourth-order valence-corrected chi connectivity index (χ4v) is 3.22. The second-order valence-corrected chi connectivity index (χ2v) is 6.49. The second kappa shape index (κ2) is 5.60. The average molecular weight is 358 g/mol. The van der Waals surface area contributed by atoms with Crippen LogP contribution in [0.15, 0.2) is 60.8 Å². The van der Waals surface area contributed by atoms with E-state index < -0.39 is 0 Å². The van der Waals surface area contributed by atoms with E-state index >= 15 is 0 Å². The zero-order valence-corrected chi connectivity index (χ0v) is 14.7. The van der Waals surface area contributed by atoms with Crippen LogP contribution in [0.4, 0.5) is 0 Å². The minimum atomic E-state index is 0.413. The number of nitrogens with zero attached hydrogens (tertiary/aromatic N) is 5. The first-order chi connectivity index (χ1) is 12.7. The van der Waals surface area contributed by atoms with E-state index in [2.05, 4.69) is 34.2 Å². The number of H-pyrrole nitrogens is 1. The van der Waals surface area contributed by atoms with Gasteiger partial charge in [0.15, 0.2) is 17.1 Å². The quantitative estimate of drug-likeness (QED) is 0.483. The van der Waals surface area contributed by atoms with Gasteiger partial charge in [-0.2, -0.15) is 10.1 Å². The molecule has 0 amide bonds. The van der Waals surface area contributed by atoms with Gasteiger partial charge in [0.25, 0.3) is 0 Å². The smallest absolute Gasteiger partial charge is 0.222 e. The van der Waals surface area contributed by atoms with E-state index in [1.54, 1.807) is 15.4 Å². The number of aryl methyl sites for hydroxylation is 1. The van der Waals surface area contributed by atoms with Crippen LogP contribution in [-0.4, -0.2) is 29.4 Å². The van der Waals surface area contributed by atoms with E-state index in [9.17, 15) is 0 Å². The first-order valence-corrected chi connectivity index (χ1v) is 8.60. The molecule has 3 aromatic heterocycles. The molecule has 0 aliphatic rings. The summed E-state index contributed by atoms with van der Waals surface area (Å²) in [6.07, 6.45) is 1.78. The summed E-state index contributed by atoms with van der Waals surface area (Å²) in [6.45, 7) is 2.06. The van der Waals surface area contributed by atoms with Crippen molar-refractivity contribution in [2.24, 2.45) is 0 Å². The highest BCUT2D eigenvalue weighted by Gasteiger charge is 2.14. The molecule has 0 radical (unpaired) electrons. The minimum Gasteiger partial charge on any atom is -0.273 e. The lowest BCUT2D eigenvalue weighted by Crippen LogP contribution is -2.00. The van der Waals surface area contributed by atoms with Crippen LogP contribution in [0.1, 0.15) is 5.56 Å². The van der Waals surface area contributed by atoms with Gasteiger partial charge in [0.1, 0.15) is 0 Å². The lowest BCUT2D eigenvalue weighted by Gasteiger charge is -2.02. The molecule has 6 nitrogen and oxygen atoms in total. The van der Waals surface area contributed by atoms with Gasteiger partial charge in [-0.15, -0.1) is 0 Å². The summed E-state index contributed by atoms with van der Waals surface area (Å²) in [4.78, 5) is 9.32. The summed E-state index contributed by atoms with van der Waals surface area (Å²) in [6, 6.07) is 18.1. The Morgan fingerprint density at radius 2 is 1.69 bits per heavy atom. The highest BCUT2D eigenvalue weighted by Crippen LogP contribution is 2.23. The number of rotatable bonds is 2. The van der Waals surface area contributed by atoms with Crippen molar-refractivity contribution in [3.63, 3.8) is 0 Å². The van der Waals surface area contributed by atoms with Crippen molar-refractivity contribution in [1.82, 2.24) is 29.4 Å². The highest BCUT2D eigenvalue weighted by atomic mass is 32.1. The summed E-state index contributed by atoms with van der Waals surface area (Å²) in [5.41, 5.74) is 4.55. The van der Waals surface area contributed by atoms with Gasteiger partial charge in [0, 0.05) is 5.56 Å². The largest absolute Gasteiger partial charge is 0.273 e. The van der Waals surface area contributed by atoms with Crippen LogP contribution < -0.4 is 0 Å². The van der Waals surface area contributed by atoms with Crippen molar-refractivity contribution >= 4 is 28.9 Å². The number of nitrogens with one attached hydrogen (secondary N) is 1. The molecule has 0 aliphatic heterocycles. The Morgan fingerprint density at radius 3 is 2.46 bits per heavy atom. The maximum absolute atomic E-state index is 5.48. The molecule has 0 saturated carbocycles. The fourth-order valence-electron chi connectivity index (χ4n) is 3.01. The third-order valence-electron chi connectivity index (χ3n) is 4.35. The lowest BCUT2D eigenvalue weighted by molar-refractivity contribution is 0.875. The molecule has 0 fully saturated rings. The Labute approximate surface area is 153 Å². The predicted octanol–water partition coefficient (Wildman–Crippen LogP) is 4.10. The molecule has 0 saturated heterocycles. The minimum absolute atomic E-state index is 0.413. The number of benzene rings is 2. The first kappa shape index (κ1) is 15.0. The predicted molar refractivity (Wildman–Crippen MR) is 103 cm³/mol. The Morgan fingerprint density at radius 1 is 0.923 bits per heavy atom. The molecule has 5 rings (SSSR count). The van der Waals surface area contributed by atoms with Crippen molar-refractivity contribution in [2.75, 3.05) is 0 Å². The SMILES string of the molecule is Cc1ccc(-c2nc3c4cnn(-c5ccccc5)c4nc(=S)n3[nH]2)cc1. The zero-order valence-electron chi connectivity index (χ0n) is 13.9. The number of aromatic nitrogens is 6. The number of aromatic amines is 1. The Kier molecular flexibility index (Phi) is 3.23. The number of fused-ring (bicyclic) bond motifs is 3. The molecule has 0 atom stereocenters. The van der Waals surface area contributed by atoms with E-state index in [4.69, 9.17) is 17.2 Å². The monoisotopic (exact) mass is 358 g/mol. The number of hydrogen-bond acceptors (Lipinski definition) is 4. The van der Waals surface area contributed by atoms with Crippen molar-refractivity contribution in [1.29, 1.82) is 0 Å². The van der Waals surface area contributed by atoms with Gasteiger partial charge in [-0.1, -0.05) is 48.0 Å². The van der Waals surface area contributed by atoms with Crippen LogP contribution in [0.2, 0.25) is 0 Å². The molecular formula is C19H14N6S. The van der Waals surface area contributed by atoms with E-state index in [1.807, 2.05) is 42.5 Å². The Balaban J connectivity index is 1.77. The molecule has 0 bridgehead atoms.